The molecule has 2 heterocycles. The van der Waals surface area contributed by atoms with Gasteiger partial charge in [0.05, 0.1) is 54.7 Å². The lowest BCUT2D eigenvalue weighted by Gasteiger charge is -2.26. The first kappa shape index (κ1) is 36.2. The third kappa shape index (κ3) is 7.57. The molecule has 0 fully saturated rings. The molecular weight excluding hydrogens is 900 g/mol. The number of methoxy groups -OCH3 is 2. The minimum atomic E-state index is -0.882. The van der Waals surface area contributed by atoms with Gasteiger partial charge in [-0.05, 0) is 111 Å². The molecule has 51 heavy (non-hydrogen) atoms. The molecule has 1 atom stereocenters. The fraction of sp³-hybridized carbons (Fsp3) is 0.162. The van der Waals surface area contributed by atoms with Crippen LogP contribution in [0.5, 0.6) is 17.2 Å². The molecule has 11 nitrogen and oxygen atoms in total. The van der Waals surface area contributed by atoms with Crippen molar-refractivity contribution >= 4 is 79.9 Å². The summed E-state index contributed by atoms with van der Waals surface area (Å²) in [5.74, 6) is 1.03. The highest BCUT2D eigenvalue weighted by Gasteiger charge is 2.35. The summed E-state index contributed by atoms with van der Waals surface area (Å²) in [7, 11) is 3.07. The highest BCUT2D eigenvalue weighted by atomic mass is 127. The molecule has 0 radical (unpaired) electrons. The Morgan fingerprint density at radius 2 is 1.67 bits per heavy atom. The van der Waals surface area contributed by atoms with Gasteiger partial charge in [-0.2, -0.15) is 0 Å². The van der Waals surface area contributed by atoms with Crippen LogP contribution < -0.4 is 29.1 Å². The first-order valence-corrected chi connectivity index (χ1v) is 18.5. The van der Waals surface area contributed by atoms with Crippen molar-refractivity contribution in [2.24, 2.45) is 4.99 Å². The number of aromatic nitrogens is 1. The standard InChI is InChI=1S/C37H29I2N3O8S/c1-4-49-36(44)31-32(23-8-6-5-7-9-23)40-37-41(33(31)24-12-15-28(47-2)29(19-24)48-3)35(43)30(51-37)18-22-16-26(38)34(27(39)17-22)50-20-21-10-13-25(14-11-21)42(45)46/h5-19,33H,4,20H2,1-3H3/b30-18-/t33-/m1/s1. The molecule has 0 spiro atoms. The molecule has 0 amide bonds. The van der Waals surface area contributed by atoms with Crippen LogP contribution in [-0.4, -0.2) is 36.3 Å². The third-order valence-corrected chi connectivity index (χ3v) is 10.5. The summed E-state index contributed by atoms with van der Waals surface area (Å²) in [5.41, 5.74) is 3.22. The number of halogens is 2. The van der Waals surface area contributed by atoms with E-state index in [2.05, 4.69) is 45.2 Å². The normalized spacial score (nSPS) is 14.1. The number of ether oxygens (including phenoxy) is 4. The van der Waals surface area contributed by atoms with E-state index < -0.39 is 16.9 Å². The van der Waals surface area contributed by atoms with Crippen LogP contribution in [0.1, 0.15) is 35.2 Å². The fourth-order valence-electron chi connectivity index (χ4n) is 5.60. The van der Waals surface area contributed by atoms with Crippen molar-refractivity contribution in [3.05, 3.63) is 150 Å². The van der Waals surface area contributed by atoms with E-state index in [4.69, 9.17) is 23.9 Å². The second-order valence-electron chi connectivity index (χ2n) is 11.1. The highest BCUT2D eigenvalue weighted by Crippen LogP contribution is 2.38. The van der Waals surface area contributed by atoms with Gasteiger partial charge in [-0.3, -0.25) is 19.5 Å². The van der Waals surface area contributed by atoms with E-state index in [-0.39, 0.29) is 30.0 Å². The van der Waals surface area contributed by atoms with Gasteiger partial charge in [0.2, 0.25) is 0 Å². The predicted octanol–water partition coefficient (Wildman–Crippen LogP) is 6.65. The van der Waals surface area contributed by atoms with E-state index in [0.717, 1.165) is 18.3 Å². The van der Waals surface area contributed by atoms with Gasteiger partial charge in [-0.1, -0.05) is 47.7 Å². The first-order valence-electron chi connectivity index (χ1n) is 15.5. The van der Waals surface area contributed by atoms with Crippen molar-refractivity contribution in [1.82, 2.24) is 4.57 Å². The zero-order chi connectivity index (χ0) is 36.2. The Hall–Kier alpha value is -4.55. The Labute approximate surface area is 323 Å². The Morgan fingerprint density at radius 1 is 0.980 bits per heavy atom. The van der Waals surface area contributed by atoms with Gasteiger partial charge in [0.15, 0.2) is 16.3 Å². The molecule has 1 aromatic heterocycles. The van der Waals surface area contributed by atoms with Crippen molar-refractivity contribution in [1.29, 1.82) is 0 Å². The molecule has 4 aromatic carbocycles. The number of hydrogen-bond donors (Lipinski definition) is 0. The smallest absolute Gasteiger partial charge is 0.338 e. The zero-order valence-corrected chi connectivity index (χ0v) is 32.6. The van der Waals surface area contributed by atoms with Crippen LogP contribution >= 0.6 is 56.5 Å². The first-order chi connectivity index (χ1) is 24.6. The molecule has 0 saturated carbocycles. The van der Waals surface area contributed by atoms with Gasteiger partial charge < -0.3 is 18.9 Å². The molecule has 1 aliphatic heterocycles. The molecule has 0 aliphatic carbocycles. The Balaban J connectivity index is 1.46. The maximum Gasteiger partial charge on any atom is 0.338 e. The van der Waals surface area contributed by atoms with Crippen molar-refractivity contribution in [2.75, 3.05) is 20.8 Å². The number of benzene rings is 4. The summed E-state index contributed by atoms with van der Waals surface area (Å²) in [6.07, 6.45) is 1.80. The SMILES string of the molecule is CCOC(=O)C1=C(c2ccccc2)N=c2s/c(=C\c3cc(I)c(OCc4ccc([N+](=O)[O-])cc4)c(I)c3)c(=O)n2[C@@H]1c1ccc(OC)c(OC)c1. The van der Waals surface area contributed by atoms with Crippen LogP contribution in [0.3, 0.4) is 0 Å². The van der Waals surface area contributed by atoms with Crippen molar-refractivity contribution in [3.63, 3.8) is 0 Å². The molecule has 6 rings (SSSR count). The van der Waals surface area contributed by atoms with Crippen LogP contribution in [-0.2, 0) is 16.1 Å². The number of carbonyl (C=O) groups is 1. The average Bonchev–Trinajstić information content (AvgIpc) is 3.44. The van der Waals surface area contributed by atoms with Crippen LogP contribution in [0.4, 0.5) is 5.69 Å². The zero-order valence-electron chi connectivity index (χ0n) is 27.4. The number of esters is 1. The van der Waals surface area contributed by atoms with Crippen molar-refractivity contribution in [3.8, 4) is 17.2 Å². The van der Waals surface area contributed by atoms with E-state index in [1.165, 1.54) is 42.3 Å². The van der Waals surface area contributed by atoms with Crippen LogP contribution in [0.2, 0.25) is 0 Å². The summed E-state index contributed by atoms with van der Waals surface area (Å²) in [6.45, 7) is 2.10. The quantitative estimate of drug-likeness (QED) is 0.0624. The summed E-state index contributed by atoms with van der Waals surface area (Å²) < 4.78 is 26.4. The van der Waals surface area contributed by atoms with E-state index in [1.54, 1.807) is 43.3 Å². The second kappa shape index (κ2) is 15.8. The lowest BCUT2D eigenvalue weighted by Crippen LogP contribution is -2.40. The number of non-ortho nitro benzene ring substituents is 1. The van der Waals surface area contributed by atoms with Gasteiger partial charge in [0.1, 0.15) is 12.4 Å². The van der Waals surface area contributed by atoms with Gasteiger partial charge in [-0.25, -0.2) is 9.79 Å². The predicted molar refractivity (Wildman–Crippen MR) is 210 cm³/mol. The number of hydrogen-bond acceptors (Lipinski definition) is 10. The van der Waals surface area contributed by atoms with E-state index in [9.17, 15) is 19.7 Å². The summed E-state index contributed by atoms with van der Waals surface area (Å²) in [4.78, 5) is 44.1. The van der Waals surface area contributed by atoms with Gasteiger partial charge in [0, 0.05) is 17.7 Å². The van der Waals surface area contributed by atoms with Crippen molar-refractivity contribution in [2.45, 2.75) is 19.6 Å². The number of nitro benzene ring substituents is 1. The lowest BCUT2D eigenvalue weighted by molar-refractivity contribution is -0.384. The van der Waals surface area contributed by atoms with Gasteiger partial charge >= 0.3 is 5.97 Å². The minimum Gasteiger partial charge on any atom is -0.493 e. The largest absolute Gasteiger partial charge is 0.493 e. The van der Waals surface area contributed by atoms with Crippen LogP contribution in [0.15, 0.2) is 100 Å². The van der Waals surface area contributed by atoms with Crippen LogP contribution in [0.25, 0.3) is 11.8 Å². The number of rotatable bonds is 11. The Bertz CT molecular complexity index is 2330. The average molecular weight is 930 g/mol. The monoisotopic (exact) mass is 929 g/mol. The Morgan fingerprint density at radius 3 is 2.29 bits per heavy atom. The van der Waals surface area contributed by atoms with E-state index in [0.29, 0.717) is 43.4 Å². The molecule has 5 aromatic rings. The molecular formula is C37H29I2N3O8S. The van der Waals surface area contributed by atoms with Crippen molar-refractivity contribution < 1.29 is 28.7 Å². The summed E-state index contributed by atoms with van der Waals surface area (Å²) >= 11 is 5.60. The van der Waals surface area contributed by atoms with E-state index >= 15 is 0 Å². The number of thiazole rings is 1. The number of nitro groups is 1. The Kier molecular flexibility index (Phi) is 11.2. The fourth-order valence-corrected chi connectivity index (χ4v) is 8.73. The highest BCUT2D eigenvalue weighted by molar-refractivity contribution is 14.1. The molecule has 0 N–H and O–H groups in total. The maximum atomic E-state index is 14.4. The topological polar surface area (TPSA) is 131 Å². The number of carbonyl (C=O) groups excluding carboxylic acids is 1. The second-order valence-corrected chi connectivity index (χ2v) is 14.4. The summed E-state index contributed by atoms with van der Waals surface area (Å²) in [5, 5.41) is 11.0. The minimum absolute atomic E-state index is 0.0148. The van der Waals surface area contributed by atoms with Crippen LogP contribution in [0, 0.1) is 17.3 Å². The van der Waals surface area contributed by atoms with E-state index in [1.807, 2.05) is 42.5 Å². The number of nitrogens with zero attached hydrogens (tertiary/aromatic N) is 3. The molecule has 1 aliphatic rings. The molecule has 14 heteroatoms. The third-order valence-electron chi connectivity index (χ3n) is 7.95. The molecule has 0 unspecified atom stereocenters. The lowest BCUT2D eigenvalue weighted by atomic mass is 9.93. The van der Waals surface area contributed by atoms with Gasteiger partial charge in [-0.15, -0.1) is 0 Å². The molecule has 0 bridgehead atoms. The maximum absolute atomic E-state index is 14.4. The number of fused-ring (bicyclic) bond motifs is 1. The summed E-state index contributed by atoms with van der Waals surface area (Å²) in [6, 6.07) is 23.8. The van der Waals surface area contributed by atoms with Gasteiger partial charge in [0.25, 0.3) is 11.2 Å². The molecule has 0 saturated heterocycles. The molecule has 260 valence electrons.